The number of Topliss-reactive ketones (excluding diaryl/α,β-unsaturated/α-hetero) is 1. The molecule has 2 unspecified atom stereocenters. The lowest BCUT2D eigenvalue weighted by atomic mass is 9.93. The van der Waals surface area contributed by atoms with Gasteiger partial charge in [0.1, 0.15) is 0 Å². The van der Waals surface area contributed by atoms with Gasteiger partial charge in [-0.3, -0.25) is 4.79 Å². The van der Waals surface area contributed by atoms with E-state index in [4.69, 9.17) is 21.8 Å². The number of unbranched alkanes of at least 4 members (excludes halogenated alkanes) is 1. The highest BCUT2D eigenvalue weighted by molar-refractivity contribution is 6.45. The number of aliphatic carboxylic acids is 1. The van der Waals surface area contributed by atoms with Gasteiger partial charge in [-0.2, -0.15) is 0 Å². The molecule has 0 aromatic heterocycles. The topological polar surface area (TPSA) is 74.6 Å². The average molecular weight is 237 g/mol. The maximum absolute atomic E-state index is 11.5. The van der Waals surface area contributed by atoms with Gasteiger partial charge in [0.2, 0.25) is 0 Å². The normalized spacial score (nSPS) is 16.8. The third kappa shape index (κ3) is 4.18. The lowest BCUT2D eigenvalue weighted by Crippen LogP contribution is -2.42. The second-order valence-corrected chi connectivity index (χ2v) is 4.33. The van der Waals surface area contributed by atoms with Crippen LogP contribution in [0.1, 0.15) is 39.5 Å². The zero-order valence-electron chi connectivity index (χ0n) is 8.99. The van der Waals surface area contributed by atoms with Crippen molar-refractivity contribution in [2.75, 3.05) is 0 Å². The predicted molar refractivity (Wildman–Crippen MR) is 57.0 cm³/mol. The Bertz CT molecular complexity index is 240. The number of rotatable bonds is 7. The Morgan fingerprint density at radius 3 is 2.33 bits per heavy atom. The second-order valence-electron chi connectivity index (χ2n) is 3.69. The molecule has 5 heteroatoms. The fourth-order valence-corrected chi connectivity index (χ4v) is 1.43. The molecule has 0 aromatic rings. The van der Waals surface area contributed by atoms with Gasteiger partial charge in [0.15, 0.2) is 10.7 Å². The van der Waals surface area contributed by atoms with Gasteiger partial charge in [-0.15, -0.1) is 0 Å². The van der Waals surface area contributed by atoms with Crippen LogP contribution in [0.3, 0.4) is 0 Å². The number of carbonyl (C=O) groups is 2. The summed E-state index contributed by atoms with van der Waals surface area (Å²) in [6, 6.07) is 0. The monoisotopic (exact) mass is 236 g/mol. The van der Waals surface area contributed by atoms with Crippen molar-refractivity contribution in [3.63, 3.8) is 0 Å². The van der Waals surface area contributed by atoms with Crippen LogP contribution in [-0.4, -0.2) is 32.9 Å². The summed E-state index contributed by atoms with van der Waals surface area (Å²) in [6.45, 7) is 3.31. The molecule has 0 saturated carbocycles. The molecule has 15 heavy (non-hydrogen) atoms. The van der Waals surface area contributed by atoms with Crippen LogP contribution in [0.25, 0.3) is 0 Å². The van der Waals surface area contributed by atoms with Crippen LogP contribution in [0.15, 0.2) is 0 Å². The van der Waals surface area contributed by atoms with Gasteiger partial charge in [0, 0.05) is 6.42 Å². The Morgan fingerprint density at radius 2 is 2.00 bits per heavy atom. The van der Waals surface area contributed by atoms with E-state index in [1.807, 2.05) is 6.92 Å². The lowest BCUT2D eigenvalue weighted by molar-refractivity contribution is -0.145. The molecule has 0 aromatic carbocycles. The van der Waals surface area contributed by atoms with Crippen molar-refractivity contribution in [2.45, 2.75) is 50.5 Å². The molecule has 0 rings (SSSR count). The highest BCUT2D eigenvalue weighted by atomic mass is 35.5. The molecule has 0 spiro atoms. The van der Waals surface area contributed by atoms with Gasteiger partial charge < -0.3 is 10.2 Å². The molecule has 4 nitrogen and oxygen atoms in total. The number of hydrogen-bond donors (Lipinski definition) is 2. The summed E-state index contributed by atoms with van der Waals surface area (Å²) in [4.78, 5) is 20.6. The second kappa shape index (κ2) is 6.08. The SMILES string of the molecule is CCCCC(Cl)(C(=O)O)C(=O)CC(C)O. The highest BCUT2D eigenvalue weighted by Gasteiger charge is 2.43. The molecule has 0 radical (unpaired) electrons. The van der Waals surface area contributed by atoms with E-state index in [2.05, 4.69) is 0 Å². The van der Waals surface area contributed by atoms with E-state index in [1.165, 1.54) is 6.92 Å². The van der Waals surface area contributed by atoms with Crippen LogP contribution in [0.4, 0.5) is 0 Å². The summed E-state index contributed by atoms with van der Waals surface area (Å²) in [5.74, 6) is -1.96. The maximum Gasteiger partial charge on any atom is 0.332 e. The molecular formula is C10H17ClO4. The number of carbonyl (C=O) groups excluding carboxylic acids is 1. The van der Waals surface area contributed by atoms with Crippen LogP contribution >= 0.6 is 11.6 Å². The maximum atomic E-state index is 11.5. The van der Waals surface area contributed by atoms with Crippen molar-refractivity contribution in [1.82, 2.24) is 0 Å². The number of aliphatic hydroxyl groups is 1. The van der Waals surface area contributed by atoms with Gasteiger partial charge in [0.25, 0.3) is 0 Å². The van der Waals surface area contributed by atoms with Gasteiger partial charge >= 0.3 is 5.97 Å². The number of hydrogen-bond acceptors (Lipinski definition) is 3. The average Bonchev–Trinajstić information content (AvgIpc) is 2.12. The third-order valence-electron chi connectivity index (χ3n) is 2.14. The van der Waals surface area contributed by atoms with Crippen molar-refractivity contribution < 1.29 is 19.8 Å². The number of halogens is 1. The van der Waals surface area contributed by atoms with E-state index in [9.17, 15) is 9.59 Å². The van der Waals surface area contributed by atoms with E-state index in [1.54, 1.807) is 0 Å². The molecular weight excluding hydrogens is 220 g/mol. The van der Waals surface area contributed by atoms with E-state index >= 15 is 0 Å². The molecule has 88 valence electrons. The van der Waals surface area contributed by atoms with Crippen LogP contribution in [0.5, 0.6) is 0 Å². The number of ketones is 1. The Morgan fingerprint density at radius 1 is 1.47 bits per heavy atom. The van der Waals surface area contributed by atoms with Gasteiger partial charge in [0.05, 0.1) is 6.10 Å². The Kier molecular flexibility index (Phi) is 5.83. The summed E-state index contributed by atoms with van der Waals surface area (Å²) >= 11 is 5.79. The first kappa shape index (κ1) is 14.4. The molecule has 0 aliphatic rings. The predicted octanol–water partition coefficient (Wildman–Crippen LogP) is 1.58. The molecule has 0 amide bonds. The summed E-state index contributed by atoms with van der Waals surface area (Å²) in [7, 11) is 0. The molecule has 0 bridgehead atoms. The van der Waals surface area contributed by atoms with Crippen molar-refractivity contribution in [1.29, 1.82) is 0 Å². The fourth-order valence-electron chi connectivity index (χ4n) is 1.22. The molecule has 2 atom stereocenters. The van der Waals surface area contributed by atoms with Crippen molar-refractivity contribution >= 4 is 23.4 Å². The number of carboxylic acid groups (broad SMARTS) is 1. The first-order valence-corrected chi connectivity index (χ1v) is 5.36. The summed E-state index contributed by atoms with van der Waals surface area (Å²) < 4.78 is 0. The number of alkyl halides is 1. The van der Waals surface area contributed by atoms with Crippen molar-refractivity contribution in [3.8, 4) is 0 Å². The fraction of sp³-hybridized carbons (Fsp3) is 0.800. The zero-order chi connectivity index (χ0) is 12.1. The van der Waals surface area contributed by atoms with E-state index in [0.717, 1.165) is 6.42 Å². The highest BCUT2D eigenvalue weighted by Crippen LogP contribution is 2.26. The minimum Gasteiger partial charge on any atom is -0.480 e. The summed E-state index contributed by atoms with van der Waals surface area (Å²) in [5.41, 5.74) is 0. The molecule has 0 fully saturated rings. The number of carboxylic acids is 1. The van der Waals surface area contributed by atoms with Crippen LogP contribution in [0, 0.1) is 0 Å². The van der Waals surface area contributed by atoms with E-state index in [-0.39, 0.29) is 12.8 Å². The summed E-state index contributed by atoms with van der Waals surface area (Å²) in [5, 5.41) is 17.9. The van der Waals surface area contributed by atoms with Gasteiger partial charge in [-0.05, 0) is 13.3 Å². The first-order valence-electron chi connectivity index (χ1n) is 4.98. The smallest absolute Gasteiger partial charge is 0.332 e. The minimum atomic E-state index is -1.87. The minimum absolute atomic E-state index is 0.103. The van der Waals surface area contributed by atoms with E-state index < -0.39 is 22.7 Å². The van der Waals surface area contributed by atoms with Crippen LogP contribution in [0.2, 0.25) is 0 Å². The van der Waals surface area contributed by atoms with Crippen LogP contribution < -0.4 is 0 Å². The molecule has 0 saturated heterocycles. The largest absolute Gasteiger partial charge is 0.480 e. The van der Waals surface area contributed by atoms with Crippen LogP contribution in [-0.2, 0) is 9.59 Å². The lowest BCUT2D eigenvalue weighted by Gasteiger charge is -2.21. The van der Waals surface area contributed by atoms with E-state index in [0.29, 0.717) is 6.42 Å². The third-order valence-corrected chi connectivity index (χ3v) is 2.70. The van der Waals surface area contributed by atoms with Gasteiger partial charge in [-0.1, -0.05) is 31.4 Å². The summed E-state index contributed by atoms with van der Waals surface area (Å²) in [6.07, 6.45) is 0.355. The quantitative estimate of drug-likeness (QED) is 0.520. The molecule has 0 aliphatic heterocycles. The Labute approximate surface area is 94.2 Å². The Balaban J connectivity index is 4.62. The van der Waals surface area contributed by atoms with Crippen molar-refractivity contribution in [3.05, 3.63) is 0 Å². The molecule has 0 heterocycles. The first-order chi connectivity index (χ1) is 6.84. The number of aliphatic hydroxyl groups excluding tert-OH is 1. The van der Waals surface area contributed by atoms with Gasteiger partial charge in [-0.25, -0.2) is 4.79 Å². The van der Waals surface area contributed by atoms with Crippen molar-refractivity contribution in [2.24, 2.45) is 0 Å². The standard InChI is InChI=1S/C10H17ClO4/c1-3-4-5-10(11,9(14)15)8(13)6-7(2)12/h7,12H,3-6H2,1-2H3,(H,14,15). The Hall–Kier alpha value is -0.610. The molecule has 0 aliphatic carbocycles. The molecule has 2 N–H and O–H groups in total. The zero-order valence-corrected chi connectivity index (χ0v) is 9.75.